The summed E-state index contributed by atoms with van der Waals surface area (Å²) in [5.41, 5.74) is 4.64. The van der Waals surface area contributed by atoms with Crippen molar-refractivity contribution in [1.82, 2.24) is 5.48 Å². The molecule has 2 aromatic carbocycles. The standard InChI is InChI=1S/C20H25NO4/c1-2-3-13-25-21-19(20(22)23)14-16-9-11-18(12-10-16)24-15-17-7-5-4-6-8-17/h4-12,19,21H,2-3,13-15H2,1H3,(H,22,23)/t19-/m0/s1. The van der Waals surface area contributed by atoms with Gasteiger partial charge >= 0.3 is 5.97 Å². The van der Waals surface area contributed by atoms with Gasteiger partial charge in [-0.05, 0) is 29.7 Å². The minimum absolute atomic E-state index is 0.348. The van der Waals surface area contributed by atoms with Crippen LogP contribution in [0.25, 0.3) is 0 Å². The Kier molecular flexibility index (Phi) is 7.95. The molecule has 0 unspecified atom stereocenters. The summed E-state index contributed by atoms with van der Waals surface area (Å²) in [5.74, 6) is -0.174. The highest BCUT2D eigenvalue weighted by Gasteiger charge is 2.17. The minimum atomic E-state index is -0.930. The third-order valence-electron chi connectivity index (χ3n) is 3.74. The van der Waals surface area contributed by atoms with Gasteiger partial charge < -0.3 is 14.7 Å². The van der Waals surface area contributed by atoms with Crippen LogP contribution in [0.3, 0.4) is 0 Å². The maximum absolute atomic E-state index is 11.3. The number of carboxylic acids is 1. The molecule has 0 heterocycles. The lowest BCUT2D eigenvalue weighted by atomic mass is 10.1. The van der Waals surface area contributed by atoms with Crippen molar-refractivity contribution in [2.24, 2.45) is 0 Å². The first-order chi connectivity index (χ1) is 12.2. The fourth-order valence-electron chi connectivity index (χ4n) is 2.25. The maximum atomic E-state index is 11.3. The van der Waals surface area contributed by atoms with Gasteiger partial charge in [-0.2, -0.15) is 5.48 Å². The lowest BCUT2D eigenvalue weighted by Gasteiger charge is -2.14. The molecule has 0 spiro atoms. The van der Waals surface area contributed by atoms with E-state index in [2.05, 4.69) is 12.4 Å². The molecule has 0 amide bonds. The maximum Gasteiger partial charge on any atom is 0.323 e. The zero-order valence-electron chi connectivity index (χ0n) is 14.5. The van der Waals surface area contributed by atoms with Crippen LogP contribution in [0.4, 0.5) is 0 Å². The molecule has 5 heteroatoms. The Hall–Kier alpha value is -2.37. The zero-order valence-corrected chi connectivity index (χ0v) is 14.5. The van der Waals surface area contributed by atoms with Crippen molar-refractivity contribution >= 4 is 5.97 Å². The second kappa shape index (κ2) is 10.5. The number of aliphatic carboxylic acids is 1. The predicted octanol–water partition coefficient (Wildman–Crippen LogP) is 3.58. The van der Waals surface area contributed by atoms with Gasteiger partial charge in [0.25, 0.3) is 0 Å². The molecule has 0 bridgehead atoms. The van der Waals surface area contributed by atoms with E-state index in [-0.39, 0.29) is 0 Å². The molecule has 2 N–H and O–H groups in total. The van der Waals surface area contributed by atoms with Gasteiger partial charge in [0.15, 0.2) is 0 Å². The summed E-state index contributed by atoms with van der Waals surface area (Å²) in [4.78, 5) is 16.6. The number of hydroxylamine groups is 1. The number of nitrogens with one attached hydrogen (secondary N) is 1. The molecule has 25 heavy (non-hydrogen) atoms. The molecular weight excluding hydrogens is 318 g/mol. The van der Waals surface area contributed by atoms with Crippen molar-refractivity contribution in [3.63, 3.8) is 0 Å². The lowest BCUT2D eigenvalue weighted by Crippen LogP contribution is -2.38. The Morgan fingerprint density at radius 2 is 1.80 bits per heavy atom. The summed E-state index contributed by atoms with van der Waals surface area (Å²) in [7, 11) is 0. The monoisotopic (exact) mass is 343 g/mol. The largest absolute Gasteiger partial charge is 0.489 e. The molecule has 0 fully saturated rings. The summed E-state index contributed by atoms with van der Waals surface area (Å²) in [6.45, 7) is 3.07. The van der Waals surface area contributed by atoms with Crippen molar-refractivity contribution in [3.05, 3.63) is 65.7 Å². The fourth-order valence-corrected chi connectivity index (χ4v) is 2.25. The van der Waals surface area contributed by atoms with Crippen molar-refractivity contribution < 1.29 is 19.5 Å². The Bertz CT molecular complexity index is 628. The van der Waals surface area contributed by atoms with E-state index in [0.29, 0.717) is 19.6 Å². The Balaban J connectivity index is 1.84. The van der Waals surface area contributed by atoms with E-state index < -0.39 is 12.0 Å². The first-order valence-corrected chi connectivity index (χ1v) is 8.55. The van der Waals surface area contributed by atoms with Crippen LogP contribution in [0.15, 0.2) is 54.6 Å². The van der Waals surface area contributed by atoms with E-state index in [9.17, 15) is 9.90 Å². The molecule has 0 aromatic heterocycles. The average molecular weight is 343 g/mol. The molecule has 0 aliphatic rings. The highest BCUT2D eigenvalue weighted by molar-refractivity contribution is 5.73. The third kappa shape index (κ3) is 6.95. The van der Waals surface area contributed by atoms with Gasteiger partial charge in [0.05, 0.1) is 6.61 Å². The molecule has 0 radical (unpaired) electrons. The van der Waals surface area contributed by atoms with E-state index in [1.807, 2.05) is 54.6 Å². The number of carbonyl (C=O) groups is 1. The number of benzene rings is 2. The lowest BCUT2D eigenvalue weighted by molar-refractivity contribution is -0.144. The van der Waals surface area contributed by atoms with Crippen LogP contribution in [0, 0.1) is 0 Å². The molecule has 0 saturated heterocycles. The summed E-state index contributed by atoms with van der Waals surface area (Å²) in [6, 6.07) is 16.6. The molecule has 5 nitrogen and oxygen atoms in total. The van der Waals surface area contributed by atoms with E-state index >= 15 is 0 Å². The van der Waals surface area contributed by atoms with Crippen LogP contribution in [0.2, 0.25) is 0 Å². The third-order valence-corrected chi connectivity index (χ3v) is 3.74. The van der Waals surface area contributed by atoms with E-state index in [1.54, 1.807) is 0 Å². The molecule has 0 saturated carbocycles. The Morgan fingerprint density at radius 3 is 2.44 bits per heavy atom. The van der Waals surface area contributed by atoms with Crippen molar-refractivity contribution in [2.75, 3.05) is 6.61 Å². The molecule has 1 atom stereocenters. The average Bonchev–Trinajstić information content (AvgIpc) is 2.64. The second-order valence-corrected chi connectivity index (χ2v) is 5.83. The first-order valence-electron chi connectivity index (χ1n) is 8.55. The second-order valence-electron chi connectivity index (χ2n) is 5.83. The van der Waals surface area contributed by atoms with Crippen LogP contribution in [-0.2, 0) is 22.7 Å². The predicted molar refractivity (Wildman–Crippen MR) is 96.3 cm³/mol. The molecule has 134 valence electrons. The SMILES string of the molecule is CCCCON[C@@H](Cc1ccc(OCc2ccccc2)cc1)C(=O)O. The Morgan fingerprint density at radius 1 is 1.08 bits per heavy atom. The molecular formula is C20H25NO4. The Labute approximate surface area is 148 Å². The molecule has 0 aliphatic heterocycles. The summed E-state index contributed by atoms with van der Waals surface area (Å²) in [5, 5.41) is 9.29. The number of unbranched alkanes of at least 4 members (excludes halogenated alkanes) is 1. The van der Waals surface area contributed by atoms with Gasteiger partial charge in [-0.15, -0.1) is 0 Å². The van der Waals surface area contributed by atoms with E-state index in [1.165, 1.54) is 0 Å². The van der Waals surface area contributed by atoms with E-state index in [4.69, 9.17) is 9.57 Å². The van der Waals surface area contributed by atoms with Crippen LogP contribution in [-0.4, -0.2) is 23.7 Å². The van der Waals surface area contributed by atoms with Gasteiger partial charge in [0, 0.05) is 6.42 Å². The van der Waals surface area contributed by atoms with E-state index in [0.717, 1.165) is 29.7 Å². The number of hydrogen-bond acceptors (Lipinski definition) is 4. The molecule has 2 rings (SSSR count). The summed E-state index contributed by atoms with van der Waals surface area (Å²) < 4.78 is 5.73. The highest BCUT2D eigenvalue weighted by Crippen LogP contribution is 2.15. The first kappa shape index (κ1) is 19.0. The quantitative estimate of drug-likeness (QED) is 0.482. The van der Waals surface area contributed by atoms with Crippen LogP contribution in [0.5, 0.6) is 5.75 Å². The zero-order chi connectivity index (χ0) is 17.9. The van der Waals surface area contributed by atoms with Gasteiger partial charge in [-0.1, -0.05) is 55.8 Å². The minimum Gasteiger partial charge on any atom is -0.489 e. The summed E-state index contributed by atoms with van der Waals surface area (Å²) >= 11 is 0. The van der Waals surface area contributed by atoms with Gasteiger partial charge in [-0.3, -0.25) is 4.79 Å². The van der Waals surface area contributed by atoms with Crippen LogP contribution >= 0.6 is 0 Å². The van der Waals surface area contributed by atoms with Gasteiger partial charge in [-0.25, -0.2) is 0 Å². The number of rotatable bonds is 11. The highest BCUT2D eigenvalue weighted by atomic mass is 16.6. The summed E-state index contributed by atoms with van der Waals surface area (Å²) in [6.07, 6.45) is 2.25. The topological polar surface area (TPSA) is 67.8 Å². The number of hydrogen-bond donors (Lipinski definition) is 2. The van der Waals surface area contributed by atoms with Crippen molar-refractivity contribution in [1.29, 1.82) is 0 Å². The van der Waals surface area contributed by atoms with Gasteiger partial charge in [0.2, 0.25) is 0 Å². The van der Waals surface area contributed by atoms with Crippen LogP contribution in [0.1, 0.15) is 30.9 Å². The van der Waals surface area contributed by atoms with Crippen molar-refractivity contribution in [2.45, 2.75) is 38.8 Å². The smallest absolute Gasteiger partial charge is 0.323 e. The number of carboxylic acid groups (broad SMARTS) is 1. The van der Waals surface area contributed by atoms with Gasteiger partial charge in [0.1, 0.15) is 18.4 Å². The van der Waals surface area contributed by atoms with Crippen molar-refractivity contribution in [3.8, 4) is 5.75 Å². The fraction of sp³-hybridized carbons (Fsp3) is 0.350. The number of ether oxygens (including phenoxy) is 1. The molecule has 0 aliphatic carbocycles. The van der Waals surface area contributed by atoms with Crippen LogP contribution < -0.4 is 10.2 Å². The normalized spacial score (nSPS) is 11.9. The molecule has 2 aromatic rings.